The molecule has 1 N–H and O–H groups in total. The van der Waals surface area contributed by atoms with Gasteiger partial charge >= 0.3 is 0 Å². The van der Waals surface area contributed by atoms with Crippen LogP contribution in [0.1, 0.15) is 11.5 Å². The highest BCUT2D eigenvalue weighted by molar-refractivity contribution is 5.44. The van der Waals surface area contributed by atoms with E-state index in [9.17, 15) is 10.1 Å². The van der Waals surface area contributed by atoms with Crippen LogP contribution in [0.15, 0.2) is 28.9 Å². The van der Waals surface area contributed by atoms with Crippen LogP contribution in [0, 0.1) is 17.0 Å². The van der Waals surface area contributed by atoms with Crippen molar-refractivity contribution in [3.05, 3.63) is 46.0 Å². The molecule has 7 heteroatoms. The molecule has 0 saturated carbocycles. The zero-order valence-electron chi connectivity index (χ0n) is 9.08. The molecule has 0 spiro atoms. The Balaban J connectivity index is 2.07. The largest absolute Gasteiger partial charge is 0.363 e. The Morgan fingerprint density at radius 1 is 1.47 bits per heavy atom. The molecule has 7 nitrogen and oxygen atoms in total. The van der Waals surface area contributed by atoms with Crippen LogP contribution < -0.4 is 5.32 Å². The minimum atomic E-state index is -0.456. The number of hydrogen-bond acceptors (Lipinski definition) is 6. The average molecular weight is 234 g/mol. The zero-order valence-corrected chi connectivity index (χ0v) is 9.08. The number of nitro groups is 1. The first-order chi connectivity index (χ1) is 8.16. The third-order valence-electron chi connectivity index (χ3n) is 2.19. The van der Waals surface area contributed by atoms with Crippen LogP contribution in [0.25, 0.3) is 0 Å². The van der Waals surface area contributed by atoms with Gasteiger partial charge in [-0.1, -0.05) is 5.16 Å². The number of nitrogens with one attached hydrogen (secondary N) is 1. The normalized spacial score (nSPS) is 10.2. The highest BCUT2D eigenvalue weighted by Crippen LogP contribution is 2.18. The van der Waals surface area contributed by atoms with Gasteiger partial charge in [-0.25, -0.2) is 4.98 Å². The van der Waals surface area contributed by atoms with Crippen molar-refractivity contribution in [1.82, 2.24) is 10.1 Å². The van der Waals surface area contributed by atoms with Crippen molar-refractivity contribution in [3.8, 4) is 0 Å². The standard InChI is InChI=1S/C10H10N4O3/c1-7-9(14(15)16)2-3-10(13-7)11-6-8-4-5-12-17-8/h2-5H,6H2,1H3,(H,11,13). The maximum atomic E-state index is 10.6. The van der Waals surface area contributed by atoms with E-state index in [4.69, 9.17) is 4.52 Å². The predicted molar refractivity (Wildman–Crippen MR) is 59.5 cm³/mol. The lowest BCUT2D eigenvalue weighted by molar-refractivity contribution is -0.385. The van der Waals surface area contributed by atoms with Gasteiger partial charge in [-0.05, 0) is 13.0 Å². The molecule has 17 heavy (non-hydrogen) atoms. The monoisotopic (exact) mass is 234 g/mol. The molecule has 2 rings (SSSR count). The number of anilines is 1. The average Bonchev–Trinajstić information content (AvgIpc) is 2.78. The molecule has 0 saturated heterocycles. The summed E-state index contributed by atoms with van der Waals surface area (Å²) < 4.78 is 4.90. The van der Waals surface area contributed by atoms with Gasteiger partial charge in [0, 0.05) is 12.1 Å². The van der Waals surface area contributed by atoms with Crippen molar-refractivity contribution in [1.29, 1.82) is 0 Å². The van der Waals surface area contributed by atoms with Crippen molar-refractivity contribution in [3.63, 3.8) is 0 Å². The molecule has 2 heterocycles. The first kappa shape index (κ1) is 11.1. The summed E-state index contributed by atoms with van der Waals surface area (Å²) in [5.74, 6) is 1.23. The van der Waals surface area contributed by atoms with Gasteiger partial charge in [-0.2, -0.15) is 0 Å². The summed E-state index contributed by atoms with van der Waals surface area (Å²) in [6, 6.07) is 4.71. The zero-order chi connectivity index (χ0) is 12.3. The van der Waals surface area contributed by atoms with Gasteiger partial charge in [0.05, 0.1) is 17.7 Å². The number of nitrogens with zero attached hydrogens (tertiary/aromatic N) is 3. The molecule has 0 aliphatic carbocycles. The van der Waals surface area contributed by atoms with Gasteiger partial charge < -0.3 is 9.84 Å². The van der Waals surface area contributed by atoms with Crippen LogP contribution >= 0.6 is 0 Å². The number of aromatic nitrogens is 2. The number of rotatable bonds is 4. The molecule has 2 aromatic heterocycles. The van der Waals surface area contributed by atoms with Gasteiger partial charge in [0.15, 0.2) is 5.76 Å². The highest BCUT2D eigenvalue weighted by atomic mass is 16.6. The maximum Gasteiger partial charge on any atom is 0.290 e. The second kappa shape index (κ2) is 4.60. The van der Waals surface area contributed by atoms with E-state index in [1.54, 1.807) is 25.3 Å². The predicted octanol–water partition coefficient (Wildman–Crippen LogP) is 1.90. The third-order valence-corrected chi connectivity index (χ3v) is 2.19. The van der Waals surface area contributed by atoms with E-state index in [2.05, 4.69) is 15.5 Å². The molecular weight excluding hydrogens is 224 g/mol. The third kappa shape index (κ3) is 2.57. The Bertz CT molecular complexity index is 524. The fourth-order valence-corrected chi connectivity index (χ4v) is 1.36. The van der Waals surface area contributed by atoms with Gasteiger partial charge in [-0.3, -0.25) is 10.1 Å². The molecule has 0 bridgehead atoms. The minimum absolute atomic E-state index is 0.00946. The van der Waals surface area contributed by atoms with Crippen LogP contribution in [-0.2, 0) is 6.54 Å². The van der Waals surface area contributed by atoms with E-state index in [0.717, 1.165) is 0 Å². The highest BCUT2D eigenvalue weighted by Gasteiger charge is 2.11. The summed E-state index contributed by atoms with van der Waals surface area (Å²) in [4.78, 5) is 14.2. The summed E-state index contributed by atoms with van der Waals surface area (Å²) in [5, 5.41) is 17.2. The van der Waals surface area contributed by atoms with Crippen LogP contribution in [0.5, 0.6) is 0 Å². The molecule has 0 amide bonds. The van der Waals surface area contributed by atoms with Crippen molar-refractivity contribution < 1.29 is 9.45 Å². The number of hydrogen-bond donors (Lipinski definition) is 1. The summed E-state index contributed by atoms with van der Waals surface area (Å²) in [7, 11) is 0. The fraction of sp³-hybridized carbons (Fsp3) is 0.200. The lowest BCUT2D eigenvalue weighted by Crippen LogP contribution is -2.02. The molecule has 0 aliphatic heterocycles. The quantitative estimate of drug-likeness (QED) is 0.641. The van der Waals surface area contributed by atoms with Gasteiger partial charge in [-0.15, -0.1) is 0 Å². The second-order valence-corrected chi connectivity index (χ2v) is 3.39. The van der Waals surface area contributed by atoms with Gasteiger partial charge in [0.25, 0.3) is 5.69 Å². The molecular formula is C10H10N4O3. The minimum Gasteiger partial charge on any atom is -0.363 e. The van der Waals surface area contributed by atoms with E-state index in [0.29, 0.717) is 23.8 Å². The van der Waals surface area contributed by atoms with E-state index >= 15 is 0 Å². The number of aryl methyl sites for hydroxylation is 1. The second-order valence-electron chi connectivity index (χ2n) is 3.39. The van der Waals surface area contributed by atoms with E-state index in [-0.39, 0.29) is 5.69 Å². The van der Waals surface area contributed by atoms with Crippen LogP contribution in [0.2, 0.25) is 0 Å². The smallest absolute Gasteiger partial charge is 0.290 e. The Kier molecular flexibility index (Phi) is 2.99. The van der Waals surface area contributed by atoms with Crippen LogP contribution in [0.4, 0.5) is 11.5 Å². The molecule has 0 aromatic carbocycles. The Morgan fingerprint density at radius 3 is 2.88 bits per heavy atom. The molecule has 88 valence electrons. The fourth-order valence-electron chi connectivity index (χ4n) is 1.36. The maximum absolute atomic E-state index is 10.6. The Morgan fingerprint density at radius 2 is 2.29 bits per heavy atom. The lowest BCUT2D eigenvalue weighted by atomic mass is 10.3. The van der Waals surface area contributed by atoms with Gasteiger partial charge in [0.1, 0.15) is 11.5 Å². The SMILES string of the molecule is Cc1nc(NCc2ccno2)ccc1[N+](=O)[O-]. The molecule has 0 unspecified atom stereocenters. The van der Waals surface area contributed by atoms with Gasteiger partial charge in [0.2, 0.25) is 0 Å². The molecule has 0 atom stereocenters. The van der Waals surface area contributed by atoms with E-state index in [1.807, 2.05) is 0 Å². The van der Waals surface area contributed by atoms with Crippen molar-refractivity contribution >= 4 is 11.5 Å². The van der Waals surface area contributed by atoms with Crippen LogP contribution in [0.3, 0.4) is 0 Å². The Labute approximate surface area is 96.6 Å². The Hall–Kier alpha value is -2.44. The first-order valence-electron chi connectivity index (χ1n) is 4.92. The van der Waals surface area contributed by atoms with E-state index in [1.165, 1.54) is 6.07 Å². The molecule has 0 radical (unpaired) electrons. The molecule has 0 fully saturated rings. The summed E-state index contributed by atoms with van der Waals surface area (Å²) in [5.41, 5.74) is 0.382. The van der Waals surface area contributed by atoms with Crippen LogP contribution in [-0.4, -0.2) is 15.1 Å². The summed E-state index contributed by atoms with van der Waals surface area (Å²) >= 11 is 0. The lowest BCUT2D eigenvalue weighted by Gasteiger charge is -2.04. The van der Waals surface area contributed by atoms with Crippen molar-refractivity contribution in [2.75, 3.05) is 5.32 Å². The first-order valence-corrected chi connectivity index (χ1v) is 4.92. The number of pyridine rings is 1. The van der Waals surface area contributed by atoms with Crippen molar-refractivity contribution in [2.45, 2.75) is 13.5 Å². The van der Waals surface area contributed by atoms with E-state index < -0.39 is 4.92 Å². The molecule has 0 aliphatic rings. The topological polar surface area (TPSA) is 94.1 Å². The van der Waals surface area contributed by atoms with Crippen molar-refractivity contribution in [2.24, 2.45) is 0 Å². The summed E-state index contributed by atoms with van der Waals surface area (Å²) in [6.45, 7) is 2.03. The molecule has 2 aromatic rings. The summed E-state index contributed by atoms with van der Waals surface area (Å²) in [6.07, 6.45) is 1.55.